The van der Waals surface area contributed by atoms with E-state index in [4.69, 9.17) is 5.73 Å². The Hall–Kier alpha value is -1.65. The number of nitrogens with zero attached hydrogens (tertiary/aromatic N) is 1. The summed E-state index contributed by atoms with van der Waals surface area (Å²) in [5.74, 6) is -1.20. The Labute approximate surface area is 74.5 Å². The van der Waals surface area contributed by atoms with E-state index in [1.165, 1.54) is 14.0 Å². The van der Waals surface area contributed by atoms with E-state index in [1.807, 2.05) is 0 Å². The molecule has 70 valence electrons. The molecule has 0 radical (unpaired) electrons. The fourth-order valence-corrected chi connectivity index (χ4v) is 0.855. The first-order chi connectivity index (χ1) is 6.06. The van der Waals surface area contributed by atoms with Crippen molar-refractivity contribution >= 4 is 11.7 Å². The fourth-order valence-electron chi connectivity index (χ4n) is 0.855. The number of hydrogen-bond donors (Lipinski definition) is 1. The molecule has 1 aromatic rings. The molecule has 0 aliphatic heterocycles. The number of pyridine rings is 1. The van der Waals surface area contributed by atoms with E-state index in [-0.39, 0.29) is 17.1 Å². The number of aryl methyl sites for hydroxylation is 1. The quantitative estimate of drug-likeness (QED) is 0.658. The summed E-state index contributed by atoms with van der Waals surface area (Å²) in [7, 11) is 1.21. The number of nitrogen functional groups attached to an aromatic ring is 1. The van der Waals surface area contributed by atoms with E-state index in [2.05, 4.69) is 9.72 Å². The average molecular weight is 184 g/mol. The standard InChI is InChI=1S/C8H9FN2O2/c1-4-5(9)3-6(10)7(11-4)8(12)13-2/h3H,10H2,1-2H3. The number of esters is 1. The lowest BCUT2D eigenvalue weighted by Gasteiger charge is -2.04. The van der Waals surface area contributed by atoms with Gasteiger partial charge in [0.25, 0.3) is 0 Å². The Kier molecular flexibility index (Phi) is 2.46. The van der Waals surface area contributed by atoms with Crippen LogP contribution in [0.2, 0.25) is 0 Å². The minimum absolute atomic E-state index is 0.0186. The lowest BCUT2D eigenvalue weighted by atomic mass is 10.2. The van der Waals surface area contributed by atoms with Crippen molar-refractivity contribution in [2.24, 2.45) is 0 Å². The Morgan fingerprint density at radius 2 is 2.31 bits per heavy atom. The van der Waals surface area contributed by atoms with Crippen molar-refractivity contribution in [1.29, 1.82) is 0 Å². The van der Waals surface area contributed by atoms with E-state index in [0.717, 1.165) is 6.07 Å². The zero-order chi connectivity index (χ0) is 10.0. The van der Waals surface area contributed by atoms with Crippen molar-refractivity contribution in [2.75, 3.05) is 12.8 Å². The van der Waals surface area contributed by atoms with Crippen LogP contribution in [0, 0.1) is 12.7 Å². The fraction of sp³-hybridized carbons (Fsp3) is 0.250. The van der Waals surface area contributed by atoms with Crippen molar-refractivity contribution < 1.29 is 13.9 Å². The van der Waals surface area contributed by atoms with E-state index < -0.39 is 11.8 Å². The maximum absolute atomic E-state index is 12.8. The molecule has 1 rings (SSSR count). The van der Waals surface area contributed by atoms with Crippen LogP contribution in [-0.4, -0.2) is 18.1 Å². The Morgan fingerprint density at radius 1 is 1.69 bits per heavy atom. The number of carbonyl (C=O) groups is 1. The molecule has 0 saturated carbocycles. The third-order valence-electron chi connectivity index (χ3n) is 1.56. The van der Waals surface area contributed by atoms with E-state index in [0.29, 0.717) is 0 Å². The minimum Gasteiger partial charge on any atom is -0.464 e. The first-order valence-corrected chi connectivity index (χ1v) is 3.57. The highest BCUT2D eigenvalue weighted by Crippen LogP contribution is 2.14. The van der Waals surface area contributed by atoms with Gasteiger partial charge in [0.2, 0.25) is 0 Å². The number of methoxy groups -OCH3 is 1. The molecule has 0 fully saturated rings. The molecule has 5 heteroatoms. The predicted octanol–water partition coefficient (Wildman–Crippen LogP) is 0.898. The smallest absolute Gasteiger partial charge is 0.358 e. The SMILES string of the molecule is COC(=O)c1nc(C)c(F)cc1N. The summed E-state index contributed by atoms with van der Waals surface area (Å²) < 4.78 is 17.2. The van der Waals surface area contributed by atoms with E-state index >= 15 is 0 Å². The largest absolute Gasteiger partial charge is 0.464 e. The summed E-state index contributed by atoms with van der Waals surface area (Å²) in [6.45, 7) is 1.45. The highest BCUT2D eigenvalue weighted by Gasteiger charge is 2.14. The lowest BCUT2D eigenvalue weighted by molar-refractivity contribution is 0.0595. The lowest BCUT2D eigenvalue weighted by Crippen LogP contribution is -2.10. The molecule has 0 saturated heterocycles. The summed E-state index contributed by atoms with van der Waals surface area (Å²) in [4.78, 5) is 14.7. The second-order valence-electron chi connectivity index (χ2n) is 2.49. The predicted molar refractivity (Wildman–Crippen MR) is 44.7 cm³/mol. The summed E-state index contributed by atoms with van der Waals surface area (Å²) >= 11 is 0. The van der Waals surface area contributed by atoms with Crippen molar-refractivity contribution in [1.82, 2.24) is 4.98 Å². The van der Waals surface area contributed by atoms with Crippen LogP contribution < -0.4 is 5.73 Å². The van der Waals surface area contributed by atoms with Gasteiger partial charge in [-0.1, -0.05) is 0 Å². The van der Waals surface area contributed by atoms with Gasteiger partial charge in [-0.3, -0.25) is 0 Å². The van der Waals surface area contributed by atoms with Crippen LogP contribution in [0.3, 0.4) is 0 Å². The maximum Gasteiger partial charge on any atom is 0.358 e. The second kappa shape index (κ2) is 3.38. The van der Waals surface area contributed by atoms with Gasteiger partial charge >= 0.3 is 5.97 Å². The molecule has 13 heavy (non-hydrogen) atoms. The Morgan fingerprint density at radius 3 is 2.85 bits per heavy atom. The monoisotopic (exact) mass is 184 g/mol. The number of nitrogens with two attached hydrogens (primary N) is 1. The molecule has 0 spiro atoms. The topological polar surface area (TPSA) is 65.2 Å². The van der Waals surface area contributed by atoms with Gasteiger partial charge in [-0.15, -0.1) is 0 Å². The number of anilines is 1. The molecule has 0 aliphatic carbocycles. The van der Waals surface area contributed by atoms with Crippen LogP contribution >= 0.6 is 0 Å². The highest BCUT2D eigenvalue weighted by molar-refractivity contribution is 5.92. The van der Waals surface area contributed by atoms with Gasteiger partial charge in [0.1, 0.15) is 5.82 Å². The van der Waals surface area contributed by atoms with Crippen molar-refractivity contribution in [3.8, 4) is 0 Å². The van der Waals surface area contributed by atoms with Gasteiger partial charge < -0.3 is 10.5 Å². The summed E-state index contributed by atoms with van der Waals surface area (Å²) in [5, 5.41) is 0. The van der Waals surface area contributed by atoms with E-state index in [1.54, 1.807) is 0 Å². The molecule has 0 amide bonds. The summed E-state index contributed by atoms with van der Waals surface area (Å²) in [6.07, 6.45) is 0. The normalized spacial score (nSPS) is 9.77. The van der Waals surface area contributed by atoms with Crippen molar-refractivity contribution in [3.63, 3.8) is 0 Å². The Balaban J connectivity index is 3.23. The summed E-state index contributed by atoms with van der Waals surface area (Å²) in [5.41, 5.74) is 5.41. The number of hydrogen-bond acceptors (Lipinski definition) is 4. The van der Waals surface area contributed by atoms with Crippen LogP contribution in [0.15, 0.2) is 6.07 Å². The third kappa shape index (κ3) is 1.74. The average Bonchev–Trinajstić information content (AvgIpc) is 2.10. The number of carbonyl (C=O) groups excluding carboxylic acids is 1. The molecule has 0 unspecified atom stereocenters. The van der Waals surface area contributed by atoms with Crippen LogP contribution in [0.1, 0.15) is 16.2 Å². The van der Waals surface area contributed by atoms with Gasteiger partial charge in [-0.05, 0) is 6.92 Å². The van der Waals surface area contributed by atoms with Gasteiger partial charge in [0.15, 0.2) is 5.69 Å². The molecule has 1 aromatic heterocycles. The maximum atomic E-state index is 12.8. The molecular formula is C8H9FN2O2. The molecule has 4 nitrogen and oxygen atoms in total. The van der Waals surface area contributed by atoms with Gasteiger partial charge in [0.05, 0.1) is 18.5 Å². The van der Waals surface area contributed by atoms with Crippen LogP contribution in [0.5, 0.6) is 0 Å². The molecule has 0 atom stereocenters. The van der Waals surface area contributed by atoms with Crippen molar-refractivity contribution in [2.45, 2.75) is 6.92 Å². The van der Waals surface area contributed by atoms with Gasteiger partial charge in [0, 0.05) is 6.07 Å². The minimum atomic E-state index is -0.666. The Bertz CT molecular complexity index is 352. The van der Waals surface area contributed by atoms with Crippen LogP contribution in [-0.2, 0) is 4.74 Å². The summed E-state index contributed by atoms with van der Waals surface area (Å²) in [6, 6.07) is 1.05. The van der Waals surface area contributed by atoms with Crippen LogP contribution in [0.4, 0.5) is 10.1 Å². The van der Waals surface area contributed by atoms with E-state index in [9.17, 15) is 9.18 Å². The molecule has 0 bridgehead atoms. The number of aromatic nitrogens is 1. The zero-order valence-electron chi connectivity index (χ0n) is 7.30. The van der Waals surface area contributed by atoms with Crippen LogP contribution in [0.25, 0.3) is 0 Å². The number of halogens is 1. The first kappa shape index (κ1) is 9.44. The zero-order valence-corrected chi connectivity index (χ0v) is 7.30. The molecular weight excluding hydrogens is 175 g/mol. The first-order valence-electron chi connectivity index (χ1n) is 3.57. The molecule has 0 aliphatic rings. The highest BCUT2D eigenvalue weighted by atomic mass is 19.1. The number of ether oxygens (including phenoxy) is 1. The molecule has 1 heterocycles. The molecule has 2 N–H and O–H groups in total. The number of rotatable bonds is 1. The second-order valence-corrected chi connectivity index (χ2v) is 2.49. The molecule has 0 aromatic carbocycles. The van der Waals surface area contributed by atoms with Crippen molar-refractivity contribution in [3.05, 3.63) is 23.3 Å². The third-order valence-corrected chi connectivity index (χ3v) is 1.56. The van der Waals surface area contributed by atoms with Gasteiger partial charge in [-0.25, -0.2) is 14.2 Å². The van der Waals surface area contributed by atoms with Gasteiger partial charge in [-0.2, -0.15) is 0 Å².